The Bertz CT molecular complexity index is 757. The van der Waals surface area contributed by atoms with E-state index in [0.717, 1.165) is 24.5 Å². The van der Waals surface area contributed by atoms with E-state index in [9.17, 15) is 18.0 Å². The van der Waals surface area contributed by atoms with E-state index in [1.54, 1.807) is 11.0 Å². The van der Waals surface area contributed by atoms with Crippen LogP contribution >= 0.6 is 0 Å². The summed E-state index contributed by atoms with van der Waals surface area (Å²) in [6.07, 6.45) is -2.72. The zero-order valence-corrected chi connectivity index (χ0v) is 14.2. The number of nitrogens with zero attached hydrogens (tertiary/aromatic N) is 1. The largest absolute Gasteiger partial charge is 0.416 e. The smallest absolute Gasteiger partial charge is 0.335 e. The maximum absolute atomic E-state index is 13.2. The zero-order valence-electron chi connectivity index (χ0n) is 14.2. The van der Waals surface area contributed by atoms with Crippen LogP contribution in [-0.2, 0) is 17.5 Å². The molecular weight excluding hydrogens is 341 g/mol. The van der Waals surface area contributed by atoms with Crippen LogP contribution in [0.15, 0.2) is 54.6 Å². The molecule has 1 unspecified atom stereocenters. The summed E-state index contributed by atoms with van der Waals surface area (Å²) < 4.78 is 39.7. The summed E-state index contributed by atoms with van der Waals surface area (Å²) in [5.41, 5.74) is 6.39. The number of hydrogen-bond acceptors (Lipinski definition) is 2. The predicted octanol–water partition coefficient (Wildman–Crippen LogP) is 4.29. The summed E-state index contributed by atoms with van der Waals surface area (Å²) in [5, 5.41) is 0. The van der Waals surface area contributed by atoms with Crippen LogP contribution in [0.2, 0.25) is 0 Å². The van der Waals surface area contributed by atoms with E-state index in [1.807, 2.05) is 30.3 Å². The van der Waals surface area contributed by atoms with E-state index in [1.165, 1.54) is 12.1 Å². The lowest BCUT2D eigenvalue weighted by molar-refractivity contribution is -0.140. The molecule has 1 atom stereocenters. The molecule has 6 heteroatoms. The fourth-order valence-electron chi connectivity index (χ4n) is 3.05. The van der Waals surface area contributed by atoms with Crippen LogP contribution in [0, 0.1) is 0 Å². The number of halogens is 3. The normalized spacial score (nSPS) is 15.5. The van der Waals surface area contributed by atoms with Crippen LogP contribution in [0.5, 0.6) is 0 Å². The van der Waals surface area contributed by atoms with Gasteiger partial charge in [0.05, 0.1) is 5.56 Å². The Hall–Kier alpha value is -2.34. The average molecular weight is 362 g/mol. The molecule has 3 rings (SSSR count). The van der Waals surface area contributed by atoms with Gasteiger partial charge in [0.2, 0.25) is 5.91 Å². The molecule has 138 valence electrons. The quantitative estimate of drug-likeness (QED) is 0.833. The van der Waals surface area contributed by atoms with Crippen LogP contribution < -0.4 is 5.73 Å². The van der Waals surface area contributed by atoms with Crippen molar-refractivity contribution in [1.29, 1.82) is 0 Å². The number of hydrogen-bond donors (Lipinski definition) is 1. The number of rotatable bonds is 6. The van der Waals surface area contributed by atoms with Gasteiger partial charge in [-0.2, -0.15) is 13.2 Å². The molecular formula is C20H21F3N2O. The highest BCUT2D eigenvalue weighted by Crippen LogP contribution is 2.35. The standard InChI is InChI=1S/C20H21F3N2O/c21-20(22,23)17-9-5-4-8-15(17)13-25(16-10-11-16)19(26)12-18(24)14-6-2-1-3-7-14/h1-9,16,18H,10-13,24H2. The summed E-state index contributed by atoms with van der Waals surface area (Å²) >= 11 is 0. The number of benzene rings is 2. The van der Waals surface area contributed by atoms with Crippen LogP contribution in [0.1, 0.15) is 42.0 Å². The highest BCUT2D eigenvalue weighted by atomic mass is 19.4. The molecule has 0 aromatic heterocycles. The number of alkyl halides is 3. The third kappa shape index (κ3) is 4.43. The van der Waals surface area contributed by atoms with Crippen LogP contribution in [0.3, 0.4) is 0 Å². The van der Waals surface area contributed by atoms with Crippen molar-refractivity contribution >= 4 is 5.91 Å². The van der Waals surface area contributed by atoms with Crippen molar-refractivity contribution in [2.24, 2.45) is 5.73 Å². The van der Waals surface area contributed by atoms with Gasteiger partial charge in [-0.25, -0.2) is 0 Å². The molecule has 26 heavy (non-hydrogen) atoms. The van der Waals surface area contributed by atoms with Gasteiger partial charge < -0.3 is 10.6 Å². The van der Waals surface area contributed by atoms with E-state index < -0.39 is 17.8 Å². The van der Waals surface area contributed by atoms with E-state index in [2.05, 4.69) is 0 Å². The molecule has 0 saturated heterocycles. The molecule has 0 bridgehead atoms. The minimum Gasteiger partial charge on any atom is -0.335 e. The lowest BCUT2D eigenvalue weighted by atomic mass is 10.0. The Morgan fingerprint density at radius 1 is 1.08 bits per heavy atom. The van der Waals surface area contributed by atoms with Gasteiger partial charge in [-0.3, -0.25) is 4.79 Å². The summed E-state index contributed by atoms with van der Waals surface area (Å²) in [7, 11) is 0. The minimum absolute atomic E-state index is 0.00626. The van der Waals surface area contributed by atoms with Crippen molar-refractivity contribution in [3.63, 3.8) is 0 Å². The first kappa shape index (κ1) is 18.5. The topological polar surface area (TPSA) is 46.3 Å². The second-order valence-corrected chi connectivity index (χ2v) is 6.63. The summed E-state index contributed by atoms with van der Waals surface area (Å²) in [4.78, 5) is 14.3. The van der Waals surface area contributed by atoms with Gasteiger partial charge >= 0.3 is 6.18 Å². The maximum Gasteiger partial charge on any atom is 0.416 e. The Morgan fingerprint density at radius 2 is 1.69 bits per heavy atom. The lowest BCUT2D eigenvalue weighted by Gasteiger charge is -2.26. The fraction of sp³-hybridized carbons (Fsp3) is 0.350. The molecule has 2 aromatic rings. The molecule has 1 fully saturated rings. The van der Waals surface area contributed by atoms with Gasteiger partial charge in [-0.1, -0.05) is 48.5 Å². The molecule has 0 spiro atoms. The van der Waals surface area contributed by atoms with Crippen LogP contribution in [0.4, 0.5) is 13.2 Å². The lowest BCUT2D eigenvalue weighted by Crippen LogP contribution is -2.35. The highest BCUT2D eigenvalue weighted by molar-refractivity contribution is 5.77. The second kappa shape index (κ2) is 7.50. The van der Waals surface area contributed by atoms with Gasteiger partial charge in [-0.05, 0) is 30.0 Å². The molecule has 2 aromatic carbocycles. The molecule has 1 amide bonds. The van der Waals surface area contributed by atoms with Crippen molar-refractivity contribution in [2.75, 3.05) is 0 Å². The molecule has 0 aliphatic heterocycles. The molecule has 1 aliphatic rings. The molecule has 3 nitrogen and oxygen atoms in total. The highest BCUT2D eigenvalue weighted by Gasteiger charge is 2.37. The predicted molar refractivity (Wildman–Crippen MR) is 93.0 cm³/mol. The average Bonchev–Trinajstić information content (AvgIpc) is 3.44. The van der Waals surface area contributed by atoms with Crippen molar-refractivity contribution in [2.45, 2.75) is 44.1 Å². The van der Waals surface area contributed by atoms with E-state index in [-0.39, 0.29) is 30.5 Å². The minimum atomic E-state index is -4.44. The maximum atomic E-state index is 13.2. The van der Waals surface area contributed by atoms with E-state index in [4.69, 9.17) is 5.73 Å². The first-order valence-corrected chi connectivity index (χ1v) is 8.61. The first-order chi connectivity index (χ1) is 12.4. The van der Waals surface area contributed by atoms with Gasteiger partial charge in [0.1, 0.15) is 0 Å². The van der Waals surface area contributed by atoms with E-state index in [0.29, 0.717) is 0 Å². The van der Waals surface area contributed by atoms with Crippen LogP contribution in [-0.4, -0.2) is 16.8 Å². The van der Waals surface area contributed by atoms with Gasteiger partial charge in [-0.15, -0.1) is 0 Å². The fourth-order valence-corrected chi connectivity index (χ4v) is 3.05. The van der Waals surface area contributed by atoms with Crippen molar-refractivity contribution in [3.8, 4) is 0 Å². The Kier molecular flexibility index (Phi) is 5.32. The second-order valence-electron chi connectivity index (χ2n) is 6.63. The first-order valence-electron chi connectivity index (χ1n) is 8.61. The summed E-state index contributed by atoms with van der Waals surface area (Å²) in [6.45, 7) is -0.0410. The number of nitrogens with two attached hydrogens (primary N) is 1. The molecule has 1 aliphatic carbocycles. The summed E-state index contributed by atoms with van der Waals surface area (Å²) in [5.74, 6) is -0.208. The third-order valence-corrected chi connectivity index (χ3v) is 4.59. The Balaban J connectivity index is 1.75. The Labute approximate surface area is 150 Å². The zero-order chi connectivity index (χ0) is 18.7. The van der Waals surface area contributed by atoms with Gasteiger partial charge in [0, 0.05) is 25.0 Å². The SMILES string of the molecule is NC(CC(=O)N(Cc1ccccc1C(F)(F)F)C1CC1)c1ccccc1. The van der Waals surface area contributed by atoms with Gasteiger partial charge in [0.15, 0.2) is 0 Å². The van der Waals surface area contributed by atoms with Crippen molar-refractivity contribution in [3.05, 3.63) is 71.3 Å². The molecule has 0 radical (unpaired) electrons. The number of carbonyl (C=O) groups excluding carboxylic acids is 1. The molecule has 1 saturated carbocycles. The Morgan fingerprint density at radius 3 is 2.31 bits per heavy atom. The number of carbonyl (C=O) groups is 1. The van der Waals surface area contributed by atoms with Gasteiger partial charge in [0.25, 0.3) is 0 Å². The van der Waals surface area contributed by atoms with Crippen molar-refractivity contribution < 1.29 is 18.0 Å². The third-order valence-electron chi connectivity index (χ3n) is 4.59. The molecule has 0 heterocycles. The molecule has 2 N–H and O–H groups in total. The van der Waals surface area contributed by atoms with Crippen molar-refractivity contribution in [1.82, 2.24) is 4.90 Å². The summed E-state index contributed by atoms with van der Waals surface area (Å²) in [6, 6.07) is 14.2. The van der Waals surface area contributed by atoms with Crippen LogP contribution in [0.25, 0.3) is 0 Å². The number of amides is 1. The monoisotopic (exact) mass is 362 g/mol. The van der Waals surface area contributed by atoms with E-state index >= 15 is 0 Å².